The Kier molecular flexibility index (Phi) is 46.4. The summed E-state index contributed by atoms with van der Waals surface area (Å²) in [6.07, 6.45) is 56.6. The third kappa shape index (κ3) is 41.8. The summed E-state index contributed by atoms with van der Waals surface area (Å²) in [6.45, 7) is 3.86. The van der Waals surface area contributed by atoms with Crippen LogP contribution in [-0.4, -0.2) is 97.5 Å². The summed E-state index contributed by atoms with van der Waals surface area (Å²) in [4.78, 5) is 12.9. The molecule has 0 aliphatic carbocycles. The second-order valence-electron chi connectivity index (χ2n) is 19.5. The van der Waals surface area contributed by atoms with Crippen LogP contribution in [0.1, 0.15) is 232 Å². The number of ether oxygens (including phenoxy) is 4. The van der Waals surface area contributed by atoms with Gasteiger partial charge < -0.3 is 34.3 Å². The zero-order chi connectivity index (χ0) is 52.4. The molecule has 1 fully saturated rings. The highest BCUT2D eigenvalue weighted by atomic mass is 32.3. The number of esters is 1. The van der Waals surface area contributed by atoms with E-state index in [0.717, 1.165) is 70.6 Å². The monoisotopic (exact) mass is 1040 g/mol. The highest BCUT2D eigenvalue weighted by Crippen LogP contribution is 2.26. The van der Waals surface area contributed by atoms with E-state index in [-0.39, 0.29) is 19.6 Å². The molecule has 1 heterocycles. The van der Waals surface area contributed by atoms with Crippen molar-refractivity contribution >= 4 is 16.4 Å². The van der Waals surface area contributed by atoms with Crippen LogP contribution in [0.25, 0.3) is 0 Å². The maximum absolute atomic E-state index is 12.9. The van der Waals surface area contributed by atoms with Gasteiger partial charge >= 0.3 is 16.4 Å². The van der Waals surface area contributed by atoms with E-state index in [1.165, 1.54) is 135 Å². The molecule has 1 rings (SSSR count). The highest BCUT2D eigenvalue weighted by Gasteiger charge is 2.48. The number of rotatable bonds is 50. The summed E-state index contributed by atoms with van der Waals surface area (Å²) in [5, 5.41) is 30.8. The molecule has 4 N–H and O–H groups in total. The first-order valence-corrected chi connectivity index (χ1v) is 30.1. The Labute approximate surface area is 439 Å². The fourth-order valence-electron chi connectivity index (χ4n) is 8.52. The smallest absolute Gasteiger partial charge is 0.397 e. The molecule has 0 saturated carbocycles. The maximum Gasteiger partial charge on any atom is 0.397 e. The molecule has 0 radical (unpaired) electrons. The minimum Gasteiger partial charge on any atom is -0.457 e. The van der Waals surface area contributed by atoms with Gasteiger partial charge in [0.2, 0.25) is 0 Å². The van der Waals surface area contributed by atoms with E-state index in [9.17, 15) is 33.1 Å². The molecule has 0 amide bonds. The van der Waals surface area contributed by atoms with Crippen LogP contribution in [0.4, 0.5) is 0 Å². The van der Waals surface area contributed by atoms with Gasteiger partial charge in [-0.2, -0.15) is 8.42 Å². The van der Waals surface area contributed by atoms with Gasteiger partial charge in [0.15, 0.2) is 6.29 Å². The second kappa shape index (κ2) is 49.4. The van der Waals surface area contributed by atoms with Crippen molar-refractivity contribution in [1.82, 2.24) is 0 Å². The number of hydrogen-bond acceptors (Lipinski definition) is 11. The van der Waals surface area contributed by atoms with E-state index in [0.29, 0.717) is 13.0 Å². The standard InChI is InChI=1S/C59H104O12S/c1-3-5-7-9-11-13-15-17-19-21-23-24-25-26-27-28-29-31-33-35-37-39-41-43-45-47-49-67-51-53(52-68-59-57(63)58(71-72(64,65)66)56(62)54(50-60)70-59)69-55(61)48-46-44-42-40-38-36-34-32-30-22-20-18-16-14-12-10-8-6-4-2/h6,8,12,14,18,20-21,23,30,32,36,38,53-54,56-60,62-63H,3-5,7,9-11,13,15-17,19,22,24-29,31,33-35,37,39-52H2,1-2H3,(H,64,65,66)/b8-6-,14-12-,20-18-,23-21-,32-30-,38-36-. The average molecular weight is 1040 g/mol. The molecule has 13 heteroatoms. The lowest BCUT2D eigenvalue weighted by molar-refractivity contribution is -0.301. The lowest BCUT2D eigenvalue weighted by Crippen LogP contribution is -2.60. The summed E-state index contributed by atoms with van der Waals surface area (Å²) in [7, 11) is -5.08. The number of allylic oxidation sites excluding steroid dienone is 12. The van der Waals surface area contributed by atoms with Crippen molar-refractivity contribution in [2.24, 2.45) is 0 Å². The normalized spacial score (nSPS) is 19.4. The Morgan fingerprint density at radius 3 is 1.42 bits per heavy atom. The van der Waals surface area contributed by atoms with Gasteiger partial charge in [0, 0.05) is 13.0 Å². The van der Waals surface area contributed by atoms with Crippen molar-refractivity contribution < 1.29 is 56.2 Å². The molecule has 1 aliphatic rings. The Hall–Kier alpha value is -2.46. The molecule has 1 saturated heterocycles. The van der Waals surface area contributed by atoms with Crippen LogP contribution < -0.4 is 0 Å². The van der Waals surface area contributed by atoms with E-state index >= 15 is 0 Å². The topological polar surface area (TPSA) is 178 Å². The minimum atomic E-state index is -5.08. The molecule has 418 valence electrons. The molecule has 72 heavy (non-hydrogen) atoms. The molecule has 0 aromatic heterocycles. The molecule has 0 bridgehead atoms. The zero-order valence-corrected chi connectivity index (χ0v) is 46.0. The maximum atomic E-state index is 12.9. The second-order valence-corrected chi connectivity index (χ2v) is 20.5. The average Bonchev–Trinajstić information content (AvgIpc) is 3.36. The van der Waals surface area contributed by atoms with Crippen LogP contribution in [-0.2, 0) is 38.3 Å². The summed E-state index contributed by atoms with van der Waals surface area (Å²) in [6, 6.07) is 0. The SMILES string of the molecule is CC/C=C\C/C=C\C/C=C\C/C=C\C/C=C\CCCCCC(=O)OC(COCCCCCCCCCCCCCCCC/C=C\CCCCCCCCCC)COC1OC(CO)C(O)C(OS(=O)(=O)O)C1O. The van der Waals surface area contributed by atoms with Gasteiger partial charge in [0.25, 0.3) is 0 Å². The third-order valence-corrected chi connectivity index (χ3v) is 13.3. The molecule has 0 aromatic rings. The van der Waals surface area contributed by atoms with Gasteiger partial charge in [0.05, 0.1) is 19.8 Å². The third-order valence-electron chi connectivity index (χ3n) is 12.8. The molecule has 1 aliphatic heterocycles. The number of hydrogen-bond donors (Lipinski definition) is 4. The summed E-state index contributed by atoms with van der Waals surface area (Å²) in [5.74, 6) is -0.429. The van der Waals surface area contributed by atoms with Crippen LogP contribution in [0.15, 0.2) is 72.9 Å². The first-order valence-electron chi connectivity index (χ1n) is 28.7. The number of aliphatic hydroxyl groups is 3. The number of carbonyl (C=O) groups is 1. The molecule has 12 nitrogen and oxygen atoms in total. The molecule has 0 spiro atoms. The highest BCUT2D eigenvalue weighted by molar-refractivity contribution is 7.80. The number of unbranched alkanes of at least 4 members (excludes halogenated alkanes) is 25. The van der Waals surface area contributed by atoms with Crippen LogP contribution in [0.3, 0.4) is 0 Å². The van der Waals surface area contributed by atoms with Crippen LogP contribution in [0, 0.1) is 0 Å². The Bertz CT molecular complexity index is 1520. The summed E-state index contributed by atoms with van der Waals surface area (Å²) >= 11 is 0. The lowest BCUT2D eigenvalue weighted by Gasteiger charge is -2.41. The number of carbonyl (C=O) groups excluding carboxylic acids is 1. The van der Waals surface area contributed by atoms with E-state index in [1.807, 2.05) is 0 Å². The van der Waals surface area contributed by atoms with Crippen molar-refractivity contribution in [1.29, 1.82) is 0 Å². The van der Waals surface area contributed by atoms with Crippen LogP contribution in [0.5, 0.6) is 0 Å². The van der Waals surface area contributed by atoms with Crippen molar-refractivity contribution in [2.45, 2.75) is 269 Å². The molecule has 0 aromatic carbocycles. The van der Waals surface area contributed by atoms with E-state index in [1.54, 1.807) is 0 Å². The van der Waals surface area contributed by atoms with Gasteiger partial charge in [-0.05, 0) is 83.5 Å². The molecular weight excluding hydrogens is 933 g/mol. The largest absolute Gasteiger partial charge is 0.457 e. The fourth-order valence-corrected chi connectivity index (χ4v) is 9.03. The van der Waals surface area contributed by atoms with E-state index < -0.39 is 59.8 Å². The summed E-state index contributed by atoms with van der Waals surface area (Å²) in [5.41, 5.74) is 0. The molecule has 6 unspecified atom stereocenters. The summed E-state index contributed by atoms with van der Waals surface area (Å²) < 4.78 is 59.4. The van der Waals surface area contributed by atoms with Crippen LogP contribution in [0.2, 0.25) is 0 Å². The van der Waals surface area contributed by atoms with Gasteiger partial charge in [0.1, 0.15) is 30.5 Å². The van der Waals surface area contributed by atoms with Gasteiger partial charge in [-0.3, -0.25) is 9.35 Å². The van der Waals surface area contributed by atoms with Crippen molar-refractivity contribution in [3.63, 3.8) is 0 Å². The van der Waals surface area contributed by atoms with Gasteiger partial charge in [-0.25, -0.2) is 4.18 Å². The Balaban J connectivity index is 2.31. The Morgan fingerprint density at radius 2 is 0.958 bits per heavy atom. The van der Waals surface area contributed by atoms with E-state index in [2.05, 4.69) is 90.9 Å². The predicted octanol–water partition coefficient (Wildman–Crippen LogP) is 14.2. The lowest BCUT2D eigenvalue weighted by atomic mass is 9.99. The minimum absolute atomic E-state index is 0.0203. The molecular formula is C59H104O12S. The first kappa shape index (κ1) is 67.6. The predicted molar refractivity (Wildman–Crippen MR) is 294 cm³/mol. The van der Waals surface area contributed by atoms with Gasteiger partial charge in [-0.15, -0.1) is 0 Å². The Morgan fingerprint density at radius 1 is 0.542 bits per heavy atom. The van der Waals surface area contributed by atoms with Crippen molar-refractivity contribution in [3.05, 3.63) is 72.9 Å². The zero-order valence-electron chi connectivity index (χ0n) is 45.2. The quantitative estimate of drug-likeness (QED) is 0.0196. The first-order chi connectivity index (χ1) is 35.1. The van der Waals surface area contributed by atoms with Gasteiger partial charge in [-0.1, -0.05) is 215 Å². The van der Waals surface area contributed by atoms with E-state index in [4.69, 9.17) is 18.9 Å². The van der Waals surface area contributed by atoms with Crippen molar-refractivity contribution in [3.8, 4) is 0 Å². The number of aliphatic hydroxyl groups excluding tert-OH is 3. The van der Waals surface area contributed by atoms with Crippen LogP contribution >= 0.6 is 0 Å². The fraction of sp³-hybridized carbons (Fsp3) is 0.780. The van der Waals surface area contributed by atoms with Crippen molar-refractivity contribution in [2.75, 3.05) is 26.4 Å². The molecule has 6 atom stereocenters.